The van der Waals surface area contributed by atoms with Crippen molar-refractivity contribution in [2.75, 3.05) is 0 Å². The summed E-state index contributed by atoms with van der Waals surface area (Å²) in [4.78, 5) is 11.8. The lowest BCUT2D eigenvalue weighted by atomic mass is 9.90. The Balaban J connectivity index is 1.56. The van der Waals surface area contributed by atoms with Gasteiger partial charge in [-0.1, -0.05) is 24.6 Å². The number of nitrogens with one attached hydrogen (secondary N) is 1. The summed E-state index contributed by atoms with van der Waals surface area (Å²) < 4.78 is 2.14. The molecule has 1 N–H and O–H groups in total. The van der Waals surface area contributed by atoms with Gasteiger partial charge >= 0.3 is 0 Å². The fraction of sp³-hybridized carbons (Fsp3) is 0.471. The molecule has 3 aliphatic rings. The Bertz CT molecular complexity index is 847. The smallest absolute Gasteiger partial charge is 0.229 e. The minimum atomic E-state index is 0.489. The molecule has 1 fully saturated rings. The highest BCUT2D eigenvalue weighted by Crippen LogP contribution is 2.45. The van der Waals surface area contributed by atoms with Gasteiger partial charge < -0.3 is 4.90 Å². The maximum Gasteiger partial charge on any atom is 0.229 e. The lowest BCUT2D eigenvalue weighted by Gasteiger charge is -2.32. The van der Waals surface area contributed by atoms with Crippen molar-refractivity contribution in [2.24, 2.45) is 4.99 Å². The zero-order valence-electron chi connectivity index (χ0n) is 13.9. The molecule has 0 unspecified atom stereocenters. The van der Waals surface area contributed by atoms with Crippen LogP contribution in [0.4, 0.5) is 0 Å². The molecule has 2 atom stereocenters. The van der Waals surface area contributed by atoms with E-state index >= 15 is 0 Å². The number of thioether (sulfide) groups is 1. The Hall–Kier alpha value is -2.02. The molecule has 6 nitrogen and oxygen atoms in total. The van der Waals surface area contributed by atoms with Crippen molar-refractivity contribution >= 4 is 22.6 Å². The van der Waals surface area contributed by atoms with Gasteiger partial charge in [-0.15, -0.1) is 0 Å². The molecule has 2 aliphatic heterocycles. The highest BCUT2D eigenvalue weighted by Gasteiger charge is 2.42. The molecule has 0 bridgehead atoms. The predicted molar refractivity (Wildman–Crippen MR) is 96.1 cm³/mol. The molecule has 24 heavy (non-hydrogen) atoms. The van der Waals surface area contributed by atoms with Gasteiger partial charge in [-0.25, -0.2) is 5.10 Å². The lowest BCUT2D eigenvalue weighted by molar-refractivity contribution is 0.305. The third-order valence-corrected chi connectivity index (χ3v) is 6.22. The fourth-order valence-corrected chi connectivity index (χ4v) is 5.27. The van der Waals surface area contributed by atoms with E-state index in [1.54, 1.807) is 18.1 Å². The number of aryl methyl sites for hydroxylation is 1. The molecular weight excluding hydrogens is 320 g/mol. The van der Waals surface area contributed by atoms with E-state index < -0.39 is 0 Å². The van der Waals surface area contributed by atoms with Crippen LogP contribution in [0.15, 0.2) is 22.8 Å². The predicted octanol–water partition coefficient (Wildman–Crippen LogP) is 3.24. The zero-order chi connectivity index (χ0) is 16.3. The number of rotatable bonds is 2. The average molecular weight is 340 g/mol. The molecule has 2 aromatic rings. The van der Waals surface area contributed by atoms with Crippen LogP contribution in [-0.2, 0) is 0 Å². The summed E-state index contributed by atoms with van der Waals surface area (Å²) in [5.74, 6) is 0.772. The first kappa shape index (κ1) is 14.3. The molecule has 0 aromatic carbocycles. The molecule has 0 saturated heterocycles. The van der Waals surface area contributed by atoms with Gasteiger partial charge in [0.15, 0.2) is 5.17 Å². The Morgan fingerprint density at radius 3 is 2.96 bits per heavy atom. The molecule has 124 valence electrons. The van der Waals surface area contributed by atoms with Gasteiger partial charge in [-0.3, -0.25) is 9.56 Å². The average Bonchev–Trinajstić information content (AvgIpc) is 3.31. The number of fused-ring (bicyclic) bond motifs is 3. The monoisotopic (exact) mass is 340 g/mol. The molecule has 5 rings (SSSR count). The largest absolute Gasteiger partial charge is 0.315 e. The van der Waals surface area contributed by atoms with Crippen molar-refractivity contribution < 1.29 is 0 Å². The molecule has 0 radical (unpaired) electrons. The highest BCUT2D eigenvalue weighted by atomic mass is 32.2. The fourth-order valence-electron chi connectivity index (χ4n) is 4.27. The quantitative estimate of drug-likeness (QED) is 0.912. The Morgan fingerprint density at radius 2 is 2.12 bits per heavy atom. The topological polar surface area (TPSA) is 62.1 Å². The van der Waals surface area contributed by atoms with Crippen molar-refractivity contribution in [3.63, 3.8) is 0 Å². The van der Waals surface area contributed by atoms with Crippen LogP contribution in [0, 0.1) is 13.8 Å². The second-order valence-corrected chi connectivity index (χ2v) is 7.59. The van der Waals surface area contributed by atoms with E-state index in [2.05, 4.69) is 50.0 Å². The van der Waals surface area contributed by atoms with Crippen LogP contribution in [0.3, 0.4) is 0 Å². The van der Waals surface area contributed by atoms with Crippen molar-refractivity contribution in [1.82, 2.24) is 24.6 Å². The second-order valence-electron chi connectivity index (χ2n) is 6.75. The summed E-state index contributed by atoms with van der Waals surface area (Å²) in [5.41, 5.74) is 4.92. The van der Waals surface area contributed by atoms with Gasteiger partial charge in [0.1, 0.15) is 6.33 Å². The first-order chi connectivity index (χ1) is 11.7. The summed E-state index contributed by atoms with van der Waals surface area (Å²) in [5, 5.41) is 10.4. The maximum atomic E-state index is 4.97. The summed E-state index contributed by atoms with van der Waals surface area (Å²) in [6.07, 6.45) is 6.66. The van der Waals surface area contributed by atoms with E-state index in [-0.39, 0.29) is 0 Å². The number of aromatic nitrogens is 4. The van der Waals surface area contributed by atoms with Crippen LogP contribution >= 0.6 is 11.8 Å². The maximum absolute atomic E-state index is 4.97. The number of amidine groups is 1. The molecule has 2 aromatic heterocycles. The van der Waals surface area contributed by atoms with E-state index in [1.807, 2.05) is 0 Å². The molecule has 1 saturated carbocycles. The Kier molecular flexibility index (Phi) is 3.13. The van der Waals surface area contributed by atoms with Gasteiger partial charge in [-0.2, -0.15) is 10.1 Å². The zero-order valence-corrected chi connectivity index (χ0v) is 14.7. The van der Waals surface area contributed by atoms with E-state index in [1.165, 1.54) is 47.8 Å². The molecular formula is C17H20N6S. The third kappa shape index (κ3) is 1.94. The molecule has 0 amide bonds. The van der Waals surface area contributed by atoms with E-state index in [9.17, 15) is 0 Å². The standard InChI is InChI=1S/C17H20N6S/c1-10-7-12(11(2)22(10)16-18-9-19-21-16)15-8-24-17-20-13-5-3-4-6-14(13)23(15)17/h7-9,13-14H,3-6H2,1-2H3,(H,18,19,21)/t13-,14-/m1/s1. The summed E-state index contributed by atoms with van der Waals surface area (Å²) >= 11 is 1.77. The Labute approximate surface area is 145 Å². The van der Waals surface area contributed by atoms with Crippen LogP contribution < -0.4 is 0 Å². The number of hydrogen-bond donors (Lipinski definition) is 1. The van der Waals surface area contributed by atoms with Crippen molar-refractivity contribution in [1.29, 1.82) is 0 Å². The third-order valence-electron chi connectivity index (χ3n) is 5.36. The summed E-state index contributed by atoms with van der Waals surface area (Å²) in [7, 11) is 0. The number of aromatic amines is 1. The van der Waals surface area contributed by atoms with Crippen LogP contribution in [-0.4, -0.2) is 41.9 Å². The van der Waals surface area contributed by atoms with Gasteiger partial charge in [0.05, 0.1) is 17.8 Å². The van der Waals surface area contributed by atoms with Crippen molar-refractivity contribution in [3.8, 4) is 5.95 Å². The first-order valence-electron chi connectivity index (χ1n) is 8.53. The summed E-state index contributed by atoms with van der Waals surface area (Å²) in [6, 6.07) is 3.29. The van der Waals surface area contributed by atoms with Gasteiger partial charge in [0, 0.05) is 22.4 Å². The minimum absolute atomic E-state index is 0.489. The second kappa shape index (κ2) is 5.24. The van der Waals surface area contributed by atoms with Crippen molar-refractivity contribution in [3.05, 3.63) is 34.8 Å². The van der Waals surface area contributed by atoms with Gasteiger partial charge in [-0.05, 0) is 32.8 Å². The molecule has 1 aliphatic carbocycles. The number of H-pyrrole nitrogens is 1. The molecule has 4 heterocycles. The minimum Gasteiger partial charge on any atom is -0.315 e. The lowest BCUT2D eigenvalue weighted by Crippen LogP contribution is -2.38. The SMILES string of the molecule is Cc1cc(C2=CSC3=N[C@@H]4CCCC[C@H]4N23)c(C)n1-c1ncn[nH]1. The first-order valence-corrected chi connectivity index (χ1v) is 9.41. The van der Waals surface area contributed by atoms with Gasteiger partial charge in [0.25, 0.3) is 0 Å². The van der Waals surface area contributed by atoms with Crippen LogP contribution in [0.25, 0.3) is 11.6 Å². The number of aliphatic imine (C=N–C) groups is 1. The van der Waals surface area contributed by atoms with Crippen LogP contribution in [0.5, 0.6) is 0 Å². The Morgan fingerprint density at radius 1 is 1.25 bits per heavy atom. The number of nitrogens with zero attached hydrogens (tertiary/aromatic N) is 5. The van der Waals surface area contributed by atoms with E-state index in [0.717, 1.165) is 11.6 Å². The normalized spacial score (nSPS) is 25.5. The van der Waals surface area contributed by atoms with Crippen LogP contribution in [0.1, 0.15) is 42.6 Å². The highest BCUT2D eigenvalue weighted by molar-refractivity contribution is 8.16. The van der Waals surface area contributed by atoms with Gasteiger partial charge in [0.2, 0.25) is 5.95 Å². The van der Waals surface area contributed by atoms with E-state index in [0.29, 0.717) is 12.1 Å². The van der Waals surface area contributed by atoms with E-state index in [4.69, 9.17) is 4.99 Å². The van der Waals surface area contributed by atoms with Crippen molar-refractivity contribution in [2.45, 2.75) is 51.6 Å². The number of hydrogen-bond acceptors (Lipinski definition) is 5. The van der Waals surface area contributed by atoms with Crippen LogP contribution in [0.2, 0.25) is 0 Å². The molecule has 7 heteroatoms. The summed E-state index contributed by atoms with van der Waals surface area (Å²) in [6.45, 7) is 4.27. The molecule has 0 spiro atoms.